The van der Waals surface area contributed by atoms with Crippen LogP contribution in [-0.2, 0) is 21.3 Å². The summed E-state index contributed by atoms with van der Waals surface area (Å²) in [6.45, 7) is 4.85. The van der Waals surface area contributed by atoms with Crippen LogP contribution in [0.4, 0.5) is 5.82 Å². The van der Waals surface area contributed by atoms with Crippen LogP contribution in [-0.4, -0.2) is 44.7 Å². The number of hydrogen-bond acceptors (Lipinski definition) is 6. The van der Waals surface area contributed by atoms with Crippen molar-refractivity contribution in [2.24, 2.45) is 0 Å². The summed E-state index contributed by atoms with van der Waals surface area (Å²) in [4.78, 5) is 11.1. The summed E-state index contributed by atoms with van der Waals surface area (Å²) in [6.07, 6.45) is 3.39. The molecule has 0 unspecified atom stereocenters. The zero-order valence-electron chi connectivity index (χ0n) is 15.6. The van der Waals surface area contributed by atoms with Crippen molar-refractivity contribution in [2.45, 2.75) is 18.4 Å². The highest BCUT2D eigenvalue weighted by atomic mass is 32.2. The van der Waals surface area contributed by atoms with Crippen LogP contribution in [0.2, 0.25) is 0 Å². The van der Waals surface area contributed by atoms with Crippen LogP contribution in [0.25, 0.3) is 10.9 Å². The number of benzene rings is 1. The third kappa shape index (κ3) is 3.71. The smallest absolute Gasteiger partial charge is 0.241 e. The minimum Gasteiger partial charge on any atom is -0.378 e. The van der Waals surface area contributed by atoms with Gasteiger partial charge in [0.25, 0.3) is 0 Å². The molecule has 1 aliphatic rings. The first kappa shape index (κ1) is 18.8. The Bertz CT molecular complexity index is 1100. The Morgan fingerprint density at radius 1 is 1.07 bits per heavy atom. The van der Waals surface area contributed by atoms with Gasteiger partial charge in [-0.05, 0) is 36.8 Å². The molecule has 3 aromatic rings. The minimum absolute atomic E-state index is 0.165. The summed E-state index contributed by atoms with van der Waals surface area (Å²) < 4.78 is 34.2. The molecular weight excluding hydrogens is 376 g/mol. The van der Waals surface area contributed by atoms with Crippen molar-refractivity contribution in [1.29, 1.82) is 0 Å². The molecule has 0 atom stereocenters. The Morgan fingerprint density at radius 2 is 1.82 bits per heavy atom. The number of hydrogen-bond donors (Lipinski definition) is 1. The van der Waals surface area contributed by atoms with Crippen LogP contribution in [0.15, 0.2) is 53.7 Å². The average molecular weight is 398 g/mol. The quantitative estimate of drug-likeness (QED) is 0.710. The van der Waals surface area contributed by atoms with Crippen LogP contribution >= 0.6 is 0 Å². The topological polar surface area (TPSA) is 84.4 Å². The molecule has 0 spiro atoms. The molecule has 0 radical (unpaired) electrons. The molecule has 28 heavy (non-hydrogen) atoms. The first-order chi connectivity index (χ1) is 13.6. The fourth-order valence-corrected chi connectivity index (χ4v) is 4.60. The van der Waals surface area contributed by atoms with E-state index in [1.54, 1.807) is 36.7 Å². The van der Waals surface area contributed by atoms with E-state index in [0.717, 1.165) is 30.0 Å². The molecule has 1 saturated heterocycles. The first-order valence-corrected chi connectivity index (χ1v) is 10.7. The van der Waals surface area contributed by atoms with Crippen molar-refractivity contribution in [1.82, 2.24) is 14.7 Å². The number of nitrogens with one attached hydrogen (secondary N) is 1. The highest BCUT2D eigenvalue weighted by molar-refractivity contribution is 7.89. The molecular formula is C20H22N4O3S. The van der Waals surface area contributed by atoms with Crippen LogP contribution in [0.1, 0.15) is 11.1 Å². The average Bonchev–Trinajstić information content (AvgIpc) is 2.73. The van der Waals surface area contributed by atoms with Crippen molar-refractivity contribution < 1.29 is 13.2 Å². The van der Waals surface area contributed by atoms with Crippen molar-refractivity contribution in [3.63, 3.8) is 0 Å². The predicted octanol–water partition coefficient (Wildman–Crippen LogP) is 2.25. The van der Waals surface area contributed by atoms with Gasteiger partial charge in [0.2, 0.25) is 10.0 Å². The van der Waals surface area contributed by atoms with E-state index >= 15 is 0 Å². The van der Waals surface area contributed by atoms with E-state index in [1.807, 2.05) is 19.1 Å². The zero-order chi connectivity index (χ0) is 19.6. The fourth-order valence-electron chi connectivity index (χ4n) is 3.40. The normalized spacial score (nSPS) is 15.1. The molecule has 0 bridgehead atoms. The monoisotopic (exact) mass is 398 g/mol. The van der Waals surface area contributed by atoms with E-state index in [9.17, 15) is 8.42 Å². The lowest BCUT2D eigenvalue weighted by atomic mass is 10.1. The Labute approximate surface area is 164 Å². The van der Waals surface area contributed by atoms with Gasteiger partial charge in [-0.25, -0.2) is 18.1 Å². The van der Waals surface area contributed by atoms with Gasteiger partial charge in [-0.15, -0.1) is 0 Å². The second-order valence-electron chi connectivity index (χ2n) is 6.69. The lowest BCUT2D eigenvalue weighted by molar-refractivity contribution is 0.122. The third-order valence-electron chi connectivity index (χ3n) is 4.85. The molecule has 0 aliphatic carbocycles. The second kappa shape index (κ2) is 7.83. The number of sulfonamides is 1. The van der Waals surface area contributed by atoms with Crippen LogP contribution in [0.5, 0.6) is 0 Å². The van der Waals surface area contributed by atoms with Gasteiger partial charge in [-0.2, -0.15) is 0 Å². The Kier molecular flexibility index (Phi) is 5.25. The number of fused-ring (bicyclic) bond motifs is 1. The van der Waals surface area contributed by atoms with Gasteiger partial charge in [-0.1, -0.05) is 12.1 Å². The van der Waals surface area contributed by atoms with E-state index in [2.05, 4.69) is 19.6 Å². The van der Waals surface area contributed by atoms with Crippen LogP contribution < -0.4 is 9.62 Å². The van der Waals surface area contributed by atoms with Crippen LogP contribution in [0.3, 0.4) is 0 Å². The first-order valence-electron chi connectivity index (χ1n) is 9.17. The number of aryl methyl sites for hydroxylation is 1. The molecule has 4 rings (SSSR count). The minimum atomic E-state index is -3.71. The Morgan fingerprint density at radius 3 is 2.64 bits per heavy atom. The summed E-state index contributed by atoms with van der Waals surface area (Å²) in [5.41, 5.74) is 2.47. The van der Waals surface area contributed by atoms with E-state index in [-0.39, 0.29) is 11.4 Å². The van der Waals surface area contributed by atoms with Gasteiger partial charge in [0.15, 0.2) is 0 Å². The second-order valence-corrected chi connectivity index (χ2v) is 8.43. The van der Waals surface area contributed by atoms with Gasteiger partial charge < -0.3 is 9.64 Å². The molecule has 3 heterocycles. The van der Waals surface area contributed by atoms with Crippen molar-refractivity contribution in [3.8, 4) is 0 Å². The van der Waals surface area contributed by atoms with Gasteiger partial charge >= 0.3 is 0 Å². The molecule has 1 N–H and O–H groups in total. The number of pyridine rings is 2. The molecule has 146 valence electrons. The number of rotatable bonds is 5. The lowest BCUT2D eigenvalue weighted by Gasteiger charge is -2.29. The standard InChI is InChI=1S/C20H22N4O3S/c1-15-6-7-18(17-5-3-8-21-19(15)17)28(25,26)23-14-16-4-2-9-22-20(16)24-10-12-27-13-11-24/h2-9,23H,10-14H2,1H3. The Hall–Kier alpha value is -2.55. The number of morpholine rings is 1. The summed E-state index contributed by atoms with van der Waals surface area (Å²) in [6, 6.07) is 10.7. The maximum Gasteiger partial charge on any atom is 0.241 e. The van der Waals surface area contributed by atoms with E-state index < -0.39 is 10.0 Å². The van der Waals surface area contributed by atoms with Crippen LogP contribution in [0, 0.1) is 6.92 Å². The van der Waals surface area contributed by atoms with Gasteiger partial charge in [0.1, 0.15) is 5.82 Å². The number of aromatic nitrogens is 2. The maximum absolute atomic E-state index is 13.0. The largest absolute Gasteiger partial charge is 0.378 e. The number of nitrogens with zero attached hydrogens (tertiary/aromatic N) is 3. The highest BCUT2D eigenvalue weighted by Gasteiger charge is 2.21. The Balaban J connectivity index is 1.62. The zero-order valence-corrected chi connectivity index (χ0v) is 16.4. The highest BCUT2D eigenvalue weighted by Crippen LogP contribution is 2.25. The van der Waals surface area contributed by atoms with Crippen molar-refractivity contribution >= 4 is 26.7 Å². The molecule has 0 amide bonds. The number of anilines is 1. The number of ether oxygens (including phenoxy) is 1. The fraction of sp³-hybridized carbons (Fsp3) is 0.300. The van der Waals surface area contributed by atoms with E-state index in [1.165, 1.54) is 0 Å². The lowest BCUT2D eigenvalue weighted by Crippen LogP contribution is -2.37. The summed E-state index contributed by atoms with van der Waals surface area (Å²) >= 11 is 0. The summed E-state index contributed by atoms with van der Waals surface area (Å²) in [5.74, 6) is 0.795. The van der Waals surface area contributed by atoms with E-state index in [0.29, 0.717) is 24.1 Å². The maximum atomic E-state index is 13.0. The molecule has 1 aromatic carbocycles. The SMILES string of the molecule is Cc1ccc(S(=O)(=O)NCc2cccnc2N2CCOCC2)c2cccnc12. The summed E-state index contributed by atoms with van der Waals surface area (Å²) in [5, 5.41) is 0.620. The molecule has 1 aliphatic heterocycles. The van der Waals surface area contributed by atoms with Crippen molar-refractivity contribution in [3.05, 3.63) is 59.9 Å². The molecule has 1 fully saturated rings. The van der Waals surface area contributed by atoms with Gasteiger partial charge in [0, 0.05) is 43.0 Å². The van der Waals surface area contributed by atoms with Gasteiger partial charge in [-0.3, -0.25) is 4.98 Å². The molecule has 8 heteroatoms. The van der Waals surface area contributed by atoms with Crippen molar-refractivity contribution in [2.75, 3.05) is 31.2 Å². The molecule has 0 saturated carbocycles. The predicted molar refractivity (Wildman–Crippen MR) is 108 cm³/mol. The van der Waals surface area contributed by atoms with Gasteiger partial charge in [0.05, 0.1) is 23.6 Å². The summed E-state index contributed by atoms with van der Waals surface area (Å²) in [7, 11) is -3.71. The molecule has 7 nitrogen and oxygen atoms in total. The third-order valence-corrected chi connectivity index (χ3v) is 6.31. The van der Waals surface area contributed by atoms with E-state index in [4.69, 9.17) is 4.74 Å². The molecule has 2 aromatic heterocycles.